The van der Waals surface area contributed by atoms with Crippen LogP contribution in [0.25, 0.3) is 0 Å². The summed E-state index contributed by atoms with van der Waals surface area (Å²) in [7, 11) is 1.67. The minimum absolute atomic E-state index is 0.583. The molecule has 0 radical (unpaired) electrons. The highest BCUT2D eigenvalue weighted by molar-refractivity contribution is 5.45. The van der Waals surface area contributed by atoms with Crippen molar-refractivity contribution in [3.05, 3.63) is 0 Å². The van der Waals surface area contributed by atoms with Gasteiger partial charge in [-0.15, -0.1) is 0 Å². The molecular weight excluding hydrogens is 300 g/mol. The van der Waals surface area contributed by atoms with Crippen molar-refractivity contribution in [1.29, 1.82) is 0 Å². The van der Waals surface area contributed by atoms with Crippen molar-refractivity contribution in [2.75, 3.05) is 88.0 Å². The fraction of sp³-hybridized carbons (Fsp3) is 0.786. The Hall–Kier alpha value is -1.71. The van der Waals surface area contributed by atoms with Gasteiger partial charge in [-0.05, 0) is 0 Å². The molecule has 0 atom stereocenters. The number of nitrogens with one attached hydrogen (secondary N) is 1. The van der Waals surface area contributed by atoms with Crippen LogP contribution in [-0.4, -0.2) is 87.8 Å². The molecule has 2 fully saturated rings. The molecule has 2 saturated heterocycles. The van der Waals surface area contributed by atoms with E-state index in [9.17, 15) is 0 Å². The van der Waals surface area contributed by atoms with Crippen molar-refractivity contribution in [3.8, 4) is 0 Å². The minimum Gasteiger partial charge on any atom is -0.383 e. The molecule has 2 aliphatic heterocycles. The maximum absolute atomic E-state index is 5.41. The van der Waals surface area contributed by atoms with Crippen LogP contribution in [0.2, 0.25) is 0 Å². The quantitative estimate of drug-likeness (QED) is 0.703. The number of hydrogen-bond acceptors (Lipinski definition) is 9. The summed E-state index contributed by atoms with van der Waals surface area (Å²) in [5.74, 6) is 1.98. The average Bonchev–Trinajstić information content (AvgIpc) is 2.63. The lowest BCUT2D eigenvalue weighted by Crippen LogP contribution is -2.40. The van der Waals surface area contributed by atoms with E-state index in [0.717, 1.165) is 26.2 Å². The Morgan fingerprint density at radius 1 is 0.913 bits per heavy atom. The Bertz CT molecular complexity index is 455. The SMILES string of the molecule is COCCNc1nc(N2CCOCC2)nc(N2CCOCC2)n1. The van der Waals surface area contributed by atoms with Crippen LogP contribution in [0.1, 0.15) is 0 Å². The number of anilines is 3. The van der Waals surface area contributed by atoms with Gasteiger partial charge >= 0.3 is 0 Å². The van der Waals surface area contributed by atoms with Crippen LogP contribution in [0.15, 0.2) is 0 Å². The van der Waals surface area contributed by atoms with Crippen molar-refractivity contribution in [2.24, 2.45) is 0 Å². The van der Waals surface area contributed by atoms with Crippen LogP contribution >= 0.6 is 0 Å². The molecule has 1 aromatic rings. The summed E-state index contributed by atoms with van der Waals surface area (Å²) in [5.41, 5.74) is 0. The maximum atomic E-state index is 5.41. The lowest BCUT2D eigenvalue weighted by atomic mass is 10.4. The normalized spacial score (nSPS) is 19.0. The van der Waals surface area contributed by atoms with Crippen molar-refractivity contribution in [2.45, 2.75) is 0 Å². The average molecular weight is 324 g/mol. The van der Waals surface area contributed by atoms with E-state index in [1.165, 1.54) is 0 Å². The van der Waals surface area contributed by atoms with Gasteiger partial charge in [0.2, 0.25) is 17.8 Å². The van der Waals surface area contributed by atoms with Crippen LogP contribution in [0.3, 0.4) is 0 Å². The van der Waals surface area contributed by atoms with Crippen molar-refractivity contribution in [1.82, 2.24) is 15.0 Å². The molecule has 9 nitrogen and oxygen atoms in total. The molecule has 0 amide bonds. The summed E-state index contributed by atoms with van der Waals surface area (Å²) >= 11 is 0. The Kier molecular flexibility index (Phi) is 5.78. The van der Waals surface area contributed by atoms with E-state index in [1.54, 1.807) is 7.11 Å². The maximum Gasteiger partial charge on any atom is 0.232 e. The van der Waals surface area contributed by atoms with Gasteiger partial charge < -0.3 is 29.3 Å². The van der Waals surface area contributed by atoms with Gasteiger partial charge in [0.25, 0.3) is 0 Å². The molecule has 0 spiro atoms. The molecule has 1 N–H and O–H groups in total. The second-order valence-electron chi connectivity index (χ2n) is 5.38. The predicted octanol–water partition coefficient (Wildman–Crippen LogP) is -0.397. The zero-order valence-electron chi connectivity index (χ0n) is 13.5. The van der Waals surface area contributed by atoms with Crippen LogP contribution in [0, 0.1) is 0 Å². The molecule has 2 aliphatic rings. The summed E-state index contributed by atoms with van der Waals surface area (Å²) < 4.78 is 15.9. The molecule has 128 valence electrons. The number of hydrogen-bond donors (Lipinski definition) is 1. The molecule has 0 bridgehead atoms. The summed E-state index contributed by atoms with van der Waals surface area (Å²) in [6.07, 6.45) is 0. The Balaban J connectivity index is 1.79. The number of nitrogens with zero attached hydrogens (tertiary/aromatic N) is 5. The predicted molar refractivity (Wildman–Crippen MR) is 86.3 cm³/mol. The molecule has 1 aromatic heterocycles. The van der Waals surface area contributed by atoms with Gasteiger partial charge in [0.05, 0.1) is 33.0 Å². The first kappa shape index (κ1) is 16.2. The topological polar surface area (TPSA) is 84.9 Å². The smallest absolute Gasteiger partial charge is 0.232 e. The van der Waals surface area contributed by atoms with E-state index < -0.39 is 0 Å². The van der Waals surface area contributed by atoms with Gasteiger partial charge in [-0.25, -0.2) is 0 Å². The lowest BCUT2D eigenvalue weighted by molar-refractivity contribution is 0.121. The Morgan fingerprint density at radius 2 is 1.43 bits per heavy atom. The van der Waals surface area contributed by atoms with Gasteiger partial charge in [0.1, 0.15) is 0 Å². The molecule has 0 unspecified atom stereocenters. The van der Waals surface area contributed by atoms with Crippen LogP contribution < -0.4 is 15.1 Å². The molecule has 23 heavy (non-hydrogen) atoms. The third kappa shape index (κ3) is 4.40. The molecule has 3 rings (SSSR count). The van der Waals surface area contributed by atoms with Crippen molar-refractivity contribution in [3.63, 3.8) is 0 Å². The zero-order valence-corrected chi connectivity index (χ0v) is 13.5. The highest BCUT2D eigenvalue weighted by Crippen LogP contribution is 2.18. The summed E-state index contributed by atoms with van der Waals surface area (Å²) in [4.78, 5) is 18.0. The molecular formula is C14H24N6O3. The van der Waals surface area contributed by atoms with Crippen LogP contribution in [0.4, 0.5) is 17.8 Å². The standard InChI is InChI=1S/C14H24N6O3/c1-21-7-2-15-12-16-13(19-3-8-22-9-4-19)18-14(17-12)20-5-10-23-11-6-20/h2-11H2,1H3,(H,15,16,17,18). The number of morpholine rings is 2. The van der Waals surface area contributed by atoms with Crippen LogP contribution in [-0.2, 0) is 14.2 Å². The van der Waals surface area contributed by atoms with E-state index in [4.69, 9.17) is 14.2 Å². The fourth-order valence-electron chi connectivity index (χ4n) is 2.51. The van der Waals surface area contributed by atoms with E-state index >= 15 is 0 Å². The summed E-state index contributed by atoms with van der Waals surface area (Å²) in [6, 6.07) is 0. The van der Waals surface area contributed by atoms with Gasteiger partial charge in [0, 0.05) is 39.8 Å². The molecule has 3 heterocycles. The third-order valence-corrected chi connectivity index (χ3v) is 3.79. The second-order valence-corrected chi connectivity index (χ2v) is 5.38. The number of rotatable bonds is 6. The first-order valence-corrected chi connectivity index (χ1v) is 8.01. The third-order valence-electron chi connectivity index (χ3n) is 3.79. The largest absolute Gasteiger partial charge is 0.383 e. The van der Waals surface area contributed by atoms with E-state index in [0.29, 0.717) is 57.4 Å². The first-order valence-electron chi connectivity index (χ1n) is 8.01. The van der Waals surface area contributed by atoms with Crippen molar-refractivity contribution >= 4 is 17.8 Å². The molecule has 0 saturated carbocycles. The summed E-state index contributed by atoms with van der Waals surface area (Å²) in [6.45, 7) is 7.24. The second kappa shape index (κ2) is 8.23. The van der Waals surface area contributed by atoms with Crippen LogP contribution in [0.5, 0.6) is 0 Å². The van der Waals surface area contributed by atoms with Gasteiger partial charge in [0.15, 0.2) is 0 Å². The lowest BCUT2D eigenvalue weighted by Gasteiger charge is -2.30. The first-order chi connectivity index (χ1) is 11.4. The van der Waals surface area contributed by atoms with E-state index in [1.807, 2.05) is 0 Å². The monoisotopic (exact) mass is 324 g/mol. The molecule has 0 aliphatic carbocycles. The highest BCUT2D eigenvalue weighted by atomic mass is 16.5. The molecule has 9 heteroatoms. The van der Waals surface area contributed by atoms with Gasteiger partial charge in [-0.3, -0.25) is 0 Å². The van der Waals surface area contributed by atoms with Gasteiger partial charge in [-0.2, -0.15) is 15.0 Å². The number of ether oxygens (including phenoxy) is 3. The number of aromatic nitrogens is 3. The minimum atomic E-state index is 0.583. The fourth-order valence-corrected chi connectivity index (χ4v) is 2.51. The van der Waals surface area contributed by atoms with Crippen molar-refractivity contribution < 1.29 is 14.2 Å². The highest BCUT2D eigenvalue weighted by Gasteiger charge is 2.20. The molecule has 0 aromatic carbocycles. The Morgan fingerprint density at radius 3 is 1.91 bits per heavy atom. The van der Waals surface area contributed by atoms with E-state index in [2.05, 4.69) is 30.1 Å². The Labute approximate surface area is 136 Å². The zero-order chi connectivity index (χ0) is 15.9. The number of methoxy groups -OCH3 is 1. The summed E-state index contributed by atoms with van der Waals surface area (Å²) in [5, 5.41) is 3.20. The van der Waals surface area contributed by atoms with Gasteiger partial charge in [-0.1, -0.05) is 0 Å². The van der Waals surface area contributed by atoms with E-state index in [-0.39, 0.29) is 0 Å².